The van der Waals surface area contributed by atoms with Crippen molar-refractivity contribution < 1.29 is 5.21 Å². The lowest BCUT2D eigenvalue weighted by molar-refractivity contribution is 0.315. The molecule has 4 nitrogen and oxygen atoms in total. The average molecular weight is 235 g/mol. The van der Waals surface area contributed by atoms with Gasteiger partial charge in [-0.2, -0.15) is 0 Å². The number of benzene rings is 1. The molecule has 0 heterocycles. The van der Waals surface area contributed by atoms with Gasteiger partial charge in [-0.1, -0.05) is 48.8 Å². The summed E-state index contributed by atoms with van der Waals surface area (Å²) in [6, 6.07) is 9.85. The molecular weight excluding hydrogens is 214 g/mol. The van der Waals surface area contributed by atoms with Gasteiger partial charge in [0.1, 0.15) is 5.84 Å². The van der Waals surface area contributed by atoms with Crippen molar-refractivity contribution in [1.82, 2.24) is 5.32 Å². The molecule has 4 heteroatoms. The van der Waals surface area contributed by atoms with Crippen molar-refractivity contribution in [3.63, 3.8) is 0 Å². The van der Waals surface area contributed by atoms with Gasteiger partial charge in [0.05, 0.1) is 5.92 Å². The van der Waals surface area contributed by atoms with E-state index in [0.29, 0.717) is 6.54 Å². The summed E-state index contributed by atoms with van der Waals surface area (Å²) in [5, 5.41) is 15.3. The minimum atomic E-state index is -0.0712. The number of nitrogens with two attached hydrogens (primary N) is 1. The van der Waals surface area contributed by atoms with Crippen LogP contribution in [0.3, 0.4) is 0 Å². The lowest BCUT2D eigenvalue weighted by atomic mass is 9.98. The zero-order valence-corrected chi connectivity index (χ0v) is 10.3. The van der Waals surface area contributed by atoms with Gasteiger partial charge in [-0.15, -0.1) is 0 Å². The number of oxime groups is 1. The zero-order chi connectivity index (χ0) is 12.5. The van der Waals surface area contributed by atoms with Gasteiger partial charge in [0.2, 0.25) is 0 Å². The molecule has 0 spiro atoms. The van der Waals surface area contributed by atoms with Crippen molar-refractivity contribution in [1.29, 1.82) is 0 Å². The smallest absolute Gasteiger partial charge is 0.147 e. The second-order valence-electron chi connectivity index (χ2n) is 4.05. The van der Waals surface area contributed by atoms with Crippen LogP contribution >= 0.6 is 0 Å². The zero-order valence-electron chi connectivity index (χ0n) is 10.3. The van der Waals surface area contributed by atoms with Crippen LogP contribution in [0.25, 0.3) is 0 Å². The highest BCUT2D eigenvalue weighted by molar-refractivity contribution is 5.87. The van der Waals surface area contributed by atoms with Crippen LogP contribution in [-0.4, -0.2) is 24.1 Å². The lowest BCUT2D eigenvalue weighted by Crippen LogP contribution is -2.32. The number of rotatable bonds is 7. The molecule has 0 fully saturated rings. The summed E-state index contributed by atoms with van der Waals surface area (Å²) in [4.78, 5) is 0. The molecule has 0 aliphatic heterocycles. The molecule has 0 saturated heterocycles. The molecule has 1 aromatic carbocycles. The minimum Gasteiger partial charge on any atom is -0.409 e. The number of hydrogen-bond donors (Lipinski definition) is 3. The Morgan fingerprint density at radius 2 is 2.12 bits per heavy atom. The van der Waals surface area contributed by atoms with Crippen molar-refractivity contribution in [3.8, 4) is 0 Å². The molecule has 0 saturated carbocycles. The fourth-order valence-corrected chi connectivity index (χ4v) is 1.70. The van der Waals surface area contributed by atoms with E-state index < -0.39 is 0 Å². The molecule has 94 valence electrons. The maximum Gasteiger partial charge on any atom is 0.147 e. The summed E-state index contributed by atoms with van der Waals surface area (Å²) in [7, 11) is 0. The number of amidine groups is 1. The van der Waals surface area contributed by atoms with Gasteiger partial charge in [-0.3, -0.25) is 0 Å². The first kappa shape index (κ1) is 13.5. The summed E-state index contributed by atoms with van der Waals surface area (Å²) in [5.41, 5.74) is 6.79. The van der Waals surface area contributed by atoms with Crippen LogP contribution in [0.15, 0.2) is 35.5 Å². The van der Waals surface area contributed by atoms with E-state index in [9.17, 15) is 0 Å². The minimum absolute atomic E-state index is 0.0712. The Balaban J connectivity index is 2.62. The third kappa shape index (κ3) is 4.44. The van der Waals surface area contributed by atoms with Crippen LogP contribution in [0.5, 0.6) is 0 Å². The third-order valence-corrected chi connectivity index (χ3v) is 2.73. The van der Waals surface area contributed by atoms with Crippen molar-refractivity contribution >= 4 is 5.84 Å². The Hall–Kier alpha value is -1.55. The molecule has 1 unspecified atom stereocenters. The first-order valence-corrected chi connectivity index (χ1v) is 6.02. The number of nitrogens with zero attached hydrogens (tertiary/aromatic N) is 1. The van der Waals surface area contributed by atoms with Gasteiger partial charge in [-0.05, 0) is 18.5 Å². The highest BCUT2D eigenvalue weighted by atomic mass is 16.4. The van der Waals surface area contributed by atoms with E-state index in [2.05, 4.69) is 17.4 Å². The van der Waals surface area contributed by atoms with Gasteiger partial charge in [0.25, 0.3) is 0 Å². The summed E-state index contributed by atoms with van der Waals surface area (Å²) in [6.45, 7) is 3.80. The molecule has 0 aliphatic rings. The largest absolute Gasteiger partial charge is 0.409 e. The molecule has 0 amide bonds. The monoisotopic (exact) mass is 235 g/mol. The van der Waals surface area contributed by atoms with E-state index in [1.807, 2.05) is 30.3 Å². The second-order valence-corrected chi connectivity index (χ2v) is 4.05. The topological polar surface area (TPSA) is 70.6 Å². The van der Waals surface area contributed by atoms with E-state index in [1.54, 1.807) is 0 Å². The average Bonchev–Trinajstić information content (AvgIpc) is 2.39. The lowest BCUT2D eigenvalue weighted by Gasteiger charge is -2.16. The predicted molar refractivity (Wildman–Crippen MR) is 70.4 cm³/mol. The normalized spacial score (nSPS) is 13.6. The summed E-state index contributed by atoms with van der Waals surface area (Å²) >= 11 is 0. The quantitative estimate of drug-likeness (QED) is 0.222. The first-order valence-electron chi connectivity index (χ1n) is 6.02. The van der Waals surface area contributed by atoms with Gasteiger partial charge >= 0.3 is 0 Å². The van der Waals surface area contributed by atoms with Crippen LogP contribution < -0.4 is 11.1 Å². The van der Waals surface area contributed by atoms with E-state index in [1.165, 1.54) is 0 Å². The van der Waals surface area contributed by atoms with Gasteiger partial charge in [0.15, 0.2) is 0 Å². The van der Waals surface area contributed by atoms with Crippen LogP contribution in [0.4, 0.5) is 0 Å². The SMILES string of the molecule is CCCCNCC(/C(N)=N/O)c1ccccc1. The Morgan fingerprint density at radius 3 is 2.71 bits per heavy atom. The Labute approximate surface area is 103 Å². The van der Waals surface area contributed by atoms with E-state index in [0.717, 1.165) is 24.9 Å². The molecule has 1 aromatic rings. The standard InChI is InChI=1S/C13H21N3O/c1-2-3-9-15-10-12(13(14)16-17)11-7-5-4-6-8-11/h4-8,12,15,17H,2-3,9-10H2,1H3,(H2,14,16). The molecule has 17 heavy (non-hydrogen) atoms. The first-order chi connectivity index (χ1) is 8.29. The van der Waals surface area contributed by atoms with Crippen molar-refractivity contribution in [2.24, 2.45) is 10.9 Å². The molecule has 4 N–H and O–H groups in total. The Morgan fingerprint density at radius 1 is 1.41 bits per heavy atom. The fraction of sp³-hybridized carbons (Fsp3) is 0.462. The third-order valence-electron chi connectivity index (χ3n) is 2.73. The number of unbranched alkanes of at least 4 members (excludes halogenated alkanes) is 1. The van der Waals surface area contributed by atoms with Crippen LogP contribution in [-0.2, 0) is 0 Å². The number of hydrogen-bond acceptors (Lipinski definition) is 3. The maximum atomic E-state index is 8.80. The molecule has 0 radical (unpaired) electrons. The fourth-order valence-electron chi connectivity index (χ4n) is 1.70. The molecule has 0 aromatic heterocycles. The van der Waals surface area contributed by atoms with Crippen molar-refractivity contribution in [2.75, 3.05) is 13.1 Å². The van der Waals surface area contributed by atoms with Crippen molar-refractivity contribution in [3.05, 3.63) is 35.9 Å². The van der Waals surface area contributed by atoms with Crippen molar-refractivity contribution in [2.45, 2.75) is 25.7 Å². The summed E-state index contributed by atoms with van der Waals surface area (Å²) < 4.78 is 0. The molecule has 1 rings (SSSR count). The number of nitrogens with one attached hydrogen (secondary N) is 1. The molecule has 0 bridgehead atoms. The summed E-state index contributed by atoms with van der Waals surface area (Å²) in [6.07, 6.45) is 2.30. The van der Waals surface area contributed by atoms with Gasteiger partial charge in [0, 0.05) is 6.54 Å². The predicted octanol–water partition coefficient (Wildman–Crippen LogP) is 1.91. The summed E-state index contributed by atoms with van der Waals surface area (Å²) in [5.74, 6) is 0.179. The van der Waals surface area contributed by atoms with Crippen LogP contribution in [0, 0.1) is 0 Å². The van der Waals surface area contributed by atoms with E-state index in [4.69, 9.17) is 10.9 Å². The van der Waals surface area contributed by atoms with Gasteiger partial charge < -0.3 is 16.3 Å². The highest BCUT2D eigenvalue weighted by Gasteiger charge is 2.15. The van der Waals surface area contributed by atoms with Gasteiger partial charge in [-0.25, -0.2) is 0 Å². The Kier molecular flexibility index (Phi) is 6.10. The van der Waals surface area contributed by atoms with Crippen LogP contribution in [0.1, 0.15) is 31.2 Å². The molecular formula is C13H21N3O. The highest BCUT2D eigenvalue weighted by Crippen LogP contribution is 2.14. The Bertz CT molecular complexity index is 338. The second kappa shape index (κ2) is 7.68. The van der Waals surface area contributed by atoms with Crippen LogP contribution in [0.2, 0.25) is 0 Å². The molecule has 1 atom stereocenters. The molecule has 0 aliphatic carbocycles. The van der Waals surface area contributed by atoms with E-state index in [-0.39, 0.29) is 11.8 Å². The van der Waals surface area contributed by atoms with E-state index >= 15 is 0 Å². The maximum absolute atomic E-state index is 8.80.